The quantitative estimate of drug-likeness (QED) is 0.404. The van der Waals surface area contributed by atoms with Crippen LogP contribution in [0.4, 0.5) is 0 Å². The second-order valence-electron chi connectivity index (χ2n) is 8.88. The first-order chi connectivity index (χ1) is 11.9. The summed E-state index contributed by atoms with van der Waals surface area (Å²) < 4.78 is 10.6. The summed E-state index contributed by atoms with van der Waals surface area (Å²) in [5, 5.41) is 0. The fourth-order valence-corrected chi connectivity index (χ4v) is 2.24. The Kier molecular flexibility index (Phi) is 7.54. The summed E-state index contributed by atoms with van der Waals surface area (Å²) in [6.45, 7) is 11.4. The molecule has 0 saturated carbocycles. The molecule has 0 N–H and O–H groups in total. The first kappa shape index (κ1) is 21.9. The zero-order valence-electron chi connectivity index (χ0n) is 16.6. The molecule has 5 nitrogen and oxygen atoms in total. The predicted octanol–water partition coefficient (Wildman–Crippen LogP) is 4.54. The van der Waals surface area contributed by atoms with Gasteiger partial charge in [0.05, 0.1) is 19.3 Å². The minimum absolute atomic E-state index is 0.167. The van der Waals surface area contributed by atoms with Crippen LogP contribution in [0.3, 0.4) is 0 Å². The van der Waals surface area contributed by atoms with E-state index >= 15 is 0 Å². The van der Waals surface area contributed by atoms with Crippen molar-refractivity contribution in [1.29, 1.82) is 0 Å². The van der Waals surface area contributed by atoms with E-state index in [-0.39, 0.29) is 35.9 Å². The Morgan fingerprint density at radius 3 is 1.62 bits per heavy atom. The van der Waals surface area contributed by atoms with Gasteiger partial charge in [0.1, 0.15) is 0 Å². The second-order valence-corrected chi connectivity index (χ2v) is 8.88. The van der Waals surface area contributed by atoms with E-state index in [9.17, 15) is 14.4 Å². The third-order valence-electron chi connectivity index (χ3n) is 3.32. The SMILES string of the molecule is CC(C)(C)CC(=O)OC(CC(=O)c1ccccc1)OC(=O)CC(C)(C)C. The van der Waals surface area contributed by atoms with Crippen molar-refractivity contribution >= 4 is 17.7 Å². The number of hydrogen-bond acceptors (Lipinski definition) is 5. The standard InChI is InChI=1S/C21H30O5/c1-20(2,3)13-17(23)25-19(26-18(24)14-21(4,5)6)12-16(22)15-10-8-7-9-11-15/h7-11,19H,12-14H2,1-6H3. The van der Waals surface area contributed by atoms with Crippen LogP contribution in [0.2, 0.25) is 0 Å². The first-order valence-corrected chi connectivity index (χ1v) is 8.83. The third kappa shape index (κ3) is 9.35. The molecule has 0 heterocycles. The number of Topliss-reactive ketones (excluding diaryl/α,β-unsaturated/α-hetero) is 1. The highest BCUT2D eigenvalue weighted by molar-refractivity contribution is 5.96. The lowest BCUT2D eigenvalue weighted by atomic mass is 9.92. The Bertz CT molecular complexity index is 590. The molecule has 0 atom stereocenters. The molecule has 1 aromatic rings. The van der Waals surface area contributed by atoms with Crippen molar-refractivity contribution in [3.63, 3.8) is 0 Å². The molecule has 26 heavy (non-hydrogen) atoms. The predicted molar refractivity (Wildman–Crippen MR) is 99.5 cm³/mol. The normalized spacial score (nSPS) is 12.0. The molecular weight excluding hydrogens is 332 g/mol. The van der Waals surface area contributed by atoms with Gasteiger partial charge in [-0.25, -0.2) is 0 Å². The number of esters is 2. The molecule has 0 fully saturated rings. The highest BCUT2D eigenvalue weighted by atomic mass is 16.7. The molecule has 144 valence electrons. The average Bonchev–Trinajstić information content (AvgIpc) is 2.43. The Hall–Kier alpha value is -2.17. The van der Waals surface area contributed by atoms with Crippen molar-refractivity contribution in [2.45, 2.75) is 67.1 Å². The number of hydrogen-bond donors (Lipinski definition) is 0. The Morgan fingerprint density at radius 1 is 0.808 bits per heavy atom. The Labute approximate surface area is 156 Å². The number of ether oxygens (including phenoxy) is 2. The van der Waals surface area contributed by atoms with Gasteiger partial charge in [0.15, 0.2) is 5.78 Å². The van der Waals surface area contributed by atoms with E-state index < -0.39 is 18.2 Å². The summed E-state index contributed by atoms with van der Waals surface area (Å²) in [6.07, 6.45) is -1.08. The number of rotatable bonds is 7. The van der Waals surface area contributed by atoms with Gasteiger partial charge in [0.25, 0.3) is 6.29 Å². The summed E-state index contributed by atoms with van der Waals surface area (Å²) >= 11 is 0. The van der Waals surface area contributed by atoms with Crippen LogP contribution in [0.25, 0.3) is 0 Å². The highest BCUT2D eigenvalue weighted by Gasteiger charge is 2.27. The topological polar surface area (TPSA) is 69.7 Å². The molecule has 0 saturated heterocycles. The highest BCUT2D eigenvalue weighted by Crippen LogP contribution is 2.22. The third-order valence-corrected chi connectivity index (χ3v) is 3.32. The summed E-state index contributed by atoms with van der Waals surface area (Å²) in [5.74, 6) is -1.23. The van der Waals surface area contributed by atoms with Crippen LogP contribution in [0.1, 0.15) is 71.2 Å². The lowest BCUT2D eigenvalue weighted by Gasteiger charge is -2.23. The van der Waals surface area contributed by atoms with E-state index in [1.54, 1.807) is 30.3 Å². The molecule has 0 aliphatic rings. The van der Waals surface area contributed by atoms with Crippen LogP contribution < -0.4 is 0 Å². The molecule has 0 aliphatic heterocycles. The molecule has 0 radical (unpaired) electrons. The van der Waals surface area contributed by atoms with E-state index in [4.69, 9.17) is 9.47 Å². The van der Waals surface area contributed by atoms with Gasteiger partial charge >= 0.3 is 11.9 Å². The van der Waals surface area contributed by atoms with Crippen LogP contribution in [-0.2, 0) is 19.1 Å². The largest absolute Gasteiger partial charge is 0.425 e. The van der Waals surface area contributed by atoms with Crippen LogP contribution in [0.5, 0.6) is 0 Å². The zero-order valence-corrected chi connectivity index (χ0v) is 16.6. The second kappa shape index (κ2) is 8.97. The van der Waals surface area contributed by atoms with Gasteiger partial charge in [-0.3, -0.25) is 14.4 Å². The van der Waals surface area contributed by atoms with Gasteiger partial charge < -0.3 is 9.47 Å². The van der Waals surface area contributed by atoms with Crippen molar-refractivity contribution < 1.29 is 23.9 Å². The summed E-state index contributed by atoms with van der Waals surface area (Å²) in [5.41, 5.74) is -0.0442. The van der Waals surface area contributed by atoms with E-state index in [0.29, 0.717) is 5.56 Å². The molecule has 0 aliphatic carbocycles. The molecular formula is C21H30O5. The maximum absolute atomic E-state index is 12.4. The fourth-order valence-electron chi connectivity index (χ4n) is 2.24. The number of benzene rings is 1. The van der Waals surface area contributed by atoms with Gasteiger partial charge in [-0.05, 0) is 10.8 Å². The summed E-state index contributed by atoms with van der Waals surface area (Å²) in [4.78, 5) is 36.7. The number of carbonyl (C=O) groups is 3. The van der Waals surface area contributed by atoms with Crippen LogP contribution >= 0.6 is 0 Å². The van der Waals surface area contributed by atoms with Crippen molar-refractivity contribution in [2.24, 2.45) is 10.8 Å². The van der Waals surface area contributed by atoms with Crippen molar-refractivity contribution in [2.75, 3.05) is 0 Å². The monoisotopic (exact) mass is 362 g/mol. The number of ketones is 1. The molecule has 0 aromatic heterocycles. The van der Waals surface area contributed by atoms with Crippen molar-refractivity contribution in [3.05, 3.63) is 35.9 Å². The van der Waals surface area contributed by atoms with E-state index in [1.807, 2.05) is 41.5 Å². The van der Waals surface area contributed by atoms with Gasteiger partial charge in [0, 0.05) is 5.56 Å². The smallest absolute Gasteiger partial charge is 0.309 e. The fraction of sp³-hybridized carbons (Fsp3) is 0.571. The first-order valence-electron chi connectivity index (χ1n) is 8.83. The summed E-state index contributed by atoms with van der Waals surface area (Å²) in [6, 6.07) is 8.65. The zero-order chi connectivity index (χ0) is 20.0. The van der Waals surface area contributed by atoms with Crippen molar-refractivity contribution in [1.82, 2.24) is 0 Å². The van der Waals surface area contributed by atoms with Gasteiger partial charge in [-0.15, -0.1) is 0 Å². The van der Waals surface area contributed by atoms with E-state index in [1.165, 1.54) is 0 Å². The molecule has 1 aromatic carbocycles. The van der Waals surface area contributed by atoms with Gasteiger partial charge in [0.2, 0.25) is 0 Å². The van der Waals surface area contributed by atoms with Gasteiger partial charge in [-0.1, -0.05) is 71.9 Å². The van der Waals surface area contributed by atoms with Crippen LogP contribution in [-0.4, -0.2) is 24.0 Å². The van der Waals surface area contributed by atoms with E-state index in [0.717, 1.165) is 0 Å². The van der Waals surface area contributed by atoms with E-state index in [2.05, 4.69) is 0 Å². The Balaban J connectivity index is 2.82. The average molecular weight is 362 g/mol. The van der Waals surface area contributed by atoms with Crippen molar-refractivity contribution in [3.8, 4) is 0 Å². The van der Waals surface area contributed by atoms with Crippen LogP contribution in [0, 0.1) is 10.8 Å². The summed E-state index contributed by atoms with van der Waals surface area (Å²) in [7, 11) is 0. The maximum Gasteiger partial charge on any atom is 0.309 e. The van der Waals surface area contributed by atoms with Crippen LogP contribution in [0.15, 0.2) is 30.3 Å². The molecule has 0 spiro atoms. The molecule has 0 bridgehead atoms. The number of carbonyl (C=O) groups excluding carboxylic acids is 3. The molecule has 5 heteroatoms. The molecule has 0 amide bonds. The minimum Gasteiger partial charge on any atom is -0.425 e. The van der Waals surface area contributed by atoms with Gasteiger partial charge in [-0.2, -0.15) is 0 Å². The minimum atomic E-state index is -1.22. The maximum atomic E-state index is 12.4. The molecule has 1 rings (SSSR count). The lowest BCUT2D eigenvalue weighted by Crippen LogP contribution is -2.30. The Morgan fingerprint density at radius 2 is 1.23 bits per heavy atom. The lowest BCUT2D eigenvalue weighted by molar-refractivity contribution is -0.189. The molecule has 0 unspecified atom stereocenters.